The Morgan fingerprint density at radius 1 is 1.17 bits per heavy atom. The smallest absolute Gasteiger partial charge is 0.251 e. The van der Waals surface area contributed by atoms with E-state index in [4.69, 9.17) is 4.74 Å². The lowest BCUT2D eigenvalue weighted by molar-refractivity contribution is -0.00923. The van der Waals surface area contributed by atoms with E-state index in [9.17, 15) is 13.2 Å². The molecule has 1 N–H and O–H groups in total. The number of carbonyl (C=O) groups is 1. The van der Waals surface area contributed by atoms with Crippen LogP contribution in [0.5, 0.6) is 0 Å². The third-order valence-electron chi connectivity index (χ3n) is 5.92. The van der Waals surface area contributed by atoms with Crippen molar-refractivity contribution >= 4 is 15.9 Å². The largest absolute Gasteiger partial charge is 0.379 e. The predicted octanol–water partition coefficient (Wildman–Crippen LogP) is 1.95. The number of hydrogen-bond donors (Lipinski definition) is 1. The van der Waals surface area contributed by atoms with Gasteiger partial charge in [0.05, 0.1) is 18.1 Å². The zero-order chi connectivity index (χ0) is 21.1. The molecule has 0 radical (unpaired) electrons. The minimum Gasteiger partial charge on any atom is -0.379 e. The monoisotopic (exact) mass is 423 g/mol. The SMILES string of the molecule is CC1CCCN(S(=O)(=O)c2ccc(C(=O)NCC(C)(C)N3CCOCC3)cc2)C1. The van der Waals surface area contributed by atoms with Gasteiger partial charge in [-0.2, -0.15) is 4.31 Å². The van der Waals surface area contributed by atoms with Gasteiger partial charge in [0.15, 0.2) is 0 Å². The maximum absolute atomic E-state index is 12.9. The molecular formula is C21H33N3O4S. The first-order chi connectivity index (χ1) is 13.7. The fourth-order valence-electron chi connectivity index (χ4n) is 3.97. The summed E-state index contributed by atoms with van der Waals surface area (Å²) in [5.74, 6) is 0.181. The van der Waals surface area contributed by atoms with Gasteiger partial charge in [0.2, 0.25) is 10.0 Å². The van der Waals surface area contributed by atoms with Crippen LogP contribution in [0.3, 0.4) is 0 Å². The number of nitrogens with one attached hydrogen (secondary N) is 1. The fourth-order valence-corrected chi connectivity index (χ4v) is 5.57. The van der Waals surface area contributed by atoms with Crippen molar-refractivity contribution in [1.29, 1.82) is 0 Å². The Bertz CT molecular complexity index is 802. The maximum atomic E-state index is 12.9. The second kappa shape index (κ2) is 9.12. The van der Waals surface area contributed by atoms with Gasteiger partial charge in [-0.1, -0.05) is 6.92 Å². The molecule has 0 aliphatic carbocycles. The van der Waals surface area contributed by atoms with Crippen molar-refractivity contribution in [1.82, 2.24) is 14.5 Å². The molecule has 2 heterocycles. The average Bonchev–Trinajstić information content (AvgIpc) is 2.73. The lowest BCUT2D eigenvalue weighted by Gasteiger charge is -2.40. The van der Waals surface area contributed by atoms with E-state index in [-0.39, 0.29) is 16.3 Å². The number of piperidine rings is 1. The van der Waals surface area contributed by atoms with Crippen molar-refractivity contribution in [3.05, 3.63) is 29.8 Å². The van der Waals surface area contributed by atoms with Crippen LogP contribution in [-0.2, 0) is 14.8 Å². The predicted molar refractivity (Wildman–Crippen MR) is 112 cm³/mol. The zero-order valence-electron chi connectivity index (χ0n) is 17.7. The molecule has 3 rings (SSSR count). The molecule has 2 aliphatic heterocycles. The molecule has 2 saturated heterocycles. The van der Waals surface area contributed by atoms with Crippen molar-refractivity contribution in [3.63, 3.8) is 0 Å². The van der Waals surface area contributed by atoms with Gasteiger partial charge in [-0.25, -0.2) is 8.42 Å². The number of sulfonamides is 1. The molecule has 0 saturated carbocycles. The Morgan fingerprint density at radius 2 is 1.83 bits per heavy atom. The molecule has 2 fully saturated rings. The summed E-state index contributed by atoms with van der Waals surface area (Å²) < 4.78 is 32.7. The lowest BCUT2D eigenvalue weighted by atomic mass is 10.0. The second-order valence-electron chi connectivity index (χ2n) is 8.73. The molecule has 1 aromatic carbocycles. The van der Waals surface area contributed by atoms with Crippen molar-refractivity contribution in [2.75, 3.05) is 45.9 Å². The molecule has 0 bridgehead atoms. The van der Waals surface area contributed by atoms with Crippen molar-refractivity contribution in [3.8, 4) is 0 Å². The molecule has 2 aliphatic rings. The van der Waals surface area contributed by atoms with Crippen LogP contribution in [0, 0.1) is 5.92 Å². The Labute approximate surface area is 174 Å². The van der Waals surface area contributed by atoms with Crippen LogP contribution in [0.2, 0.25) is 0 Å². The Morgan fingerprint density at radius 3 is 2.45 bits per heavy atom. The van der Waals surface area contributed by atoms with E-state index in [1.807, 2.05) is 0 Å². The molecule has 7 nitrogen and oxygen atoms in total. The number of morpholine rings is 1. The normalized spacial score (nSPS) is 22.4. The van der Waals surface area contributed by atoms with Gasteiger partial charge in [0.1, 0.15) is 0 Å². The summed E-state index contributed by atoms with van der Waals surface area (Å²) in [5, 5.41) is 2.98. The minimum absolute atomic E-state index is 0.173. The van der Waals surface area contributed by atoms with Gasteiger partial charge in [-0.3, -0.25) is 9.69 Å². The second-order valence-corrected chi connectivity index (χ2v) is 10.7. The van der Waals surface area contributed by atoms with Gasteiger partial charge in [0, 0.05) is 43.8 Å². The van der Waals surface area contributed by atoms with Crippen molar-refractivity contribution < 1.29 is 17.9 Å². The average molecular weight is 424 g/mol. The molecule has 162 valence electrons. The molecule has 8 heteroatoms. The van der Waals surface area contributed by atoms with E-state index in [2.05, 4.69) is 31.0 Å². The van der Waals surface area contributed by atoms with E-state index >= 15 is 0 Å². The van der Waals surface area contributed by atoms with E-state index in [1.54, 1.807) is 16.4 Å². The number of benzene rings is 1. The van der Waals surface area contributed by atoms with Crippen LogP contribution in [-0.4, -0.2) is 75.0 Å². The van der Waals surface area contributed by atoms with Crippen LogP contribution < -0.4 is 5.32 Å². The summed E-state index contributed by atoms with van der Waals surface area (Å²) in [5.41, 5.74) is 0.293. The highest BCUT2D eigenvalue weighted by Crippen LogP contribution is 2.23. The molecule has 1 aromatic rings. The van der Waals surface area contributed by atoms with E-state index < -0.39 is 10.0 Å². The van der Waals surface area contributed by atoms with Gasteiger partial charge >= 0.3 is 0 Å². The maximum Gasteiger partial charge on any atom is 0.251 e. The van der Waals surface area contributed by atoms with Gasteiger partial charge < -0.3 is 10.1 Å². The summed E-state index contributed by atoms with van der Waals surface area (Å²) in [6.45, 7) is 11.0. The van der Waals surface area contributed by atoms with E-state index in [0.29, 0.717) is 44.3 Å². The molecule has 1 atom stereocenters. The van der Waals surface area contributed by atoms with Crippen molar-refractivity contribution in [2.24, 2.45) is 5.92 Å². The Kier molecular flexibility index (Phi) is 6.98. The first kappa shape index (κ1) is 22.2. The van der Waals surface area contributed by atoms with Crippen LogP contribution in [0.25, 0.3) is 0 Å². The quantitative estimate of drug-likeness (QED) is 0.757. The molecular weight excluding hydrogens is 390 g/mol. The number of ether oxygens (including phenoxy) is 1. The van der Waals surface area contributed by atoms with Gasteiger partial charge in [-0.15, -0.1) is 0 Å². The van der Waals surface area contributed by atoms with Gasteiger partial charge in [0.25, 0.3) is 5.91 Å². The summed E-state index contributed by atoms with van der Waals surface area (Å²) in [6, 6.07) is 6.27. The number of carbonyl (C=O) groups excluding carboxylic acids is 1. The minimum atomic E-state index is -3.50. The highest BCUT2D eigenvalue weighted by atomic mass is 32.2. The van der Waals surface area contributed by atoms with E-state index in [0.717, 1.165) is 25.9 Å². The first-order valence-corrected chi connectivity index (χ1v) is 11.9. The summed E-state index contributed by atoms with van der Waals surface area (Å²) in [7, 11) is -3.50. The fraction of sp³-hybridized carbons (Fsp3) is 0.667. The summed E-state index contributed by atoms with van der Waals surface area (Å²) in [6.07, 6.45) is 1.95. The molecule has 29 heavy (non-hydrogen) atoms. The molecule has 0 spiro atoms. The van der Waals surface area contributed by atoms with Crippen LogP contribution >= 0.6 is 0 Å². The highest BCUT2D eigenvalue weighted by Gasteiger charge is 2.30. The third-order valence-corrected chi connectivity index (χ3v) is 7.80. The third kappa shape index (κ3) is 5.36. The van der Waals surface area contributed by atoms with Crippen molar-refractivity contribution in [2.45, 2.75) is 44.0 Å². The zero-order valence-corrected chi connectivity index (χ0v) is 18.5. The number of rotatable bonds is 6. The number of hydrogen-bond acceptors (Lipinski definition) is 5. The van der Waals surface area contributed by atoms with Crippen LogP contribution in [0.15, 0.2) is 29.2 Å². The lowest BCUT2D eigenvalue weighted by Crippen LogP contribution is -2.55. The first-order valence-electron chi connectivity index (χ1n) is 10.4. The number of amides is 1. The van der Waals surface area contributed by atoms with Crippen LogP contribution in [0.1, 0.15) is 44.0 Å². The standard InChI is InChI=1S/C21H33N3O4S/c1-17-5-4-10-24(15-17)29(26,27)19-8-6-18(7-9-19)20(25)22-16-21(2,3)23-11-13-28-14-12-23/h6-9,17H,4-5,10-16H2,1-3H3,(H,22,25). The van der Waals surface area contributed by atoms with E-state index in [1.165, 1.54) is 12.1 Å². The molecule has 1 unspecified atom stereocenters. The molecule has 0 aromatic heterocycles. The highest BCUT2D eigenvalue weighted by molar-refractivity contribution is 7.89. The number of nitrogens with zero attached hydrogens (tertiary/aromatic N) is 2. The Balaban J connectivity index is 1.61. The topological polar surface area (TPSA) is 79.0 Å². The van der Waals surface area contributed by atoms with Crippen LogP contribution in [0.4, 0.5) is 0 Å². The summed E-state index contributed by atoms with van der Waals surface area (Å²) in [4.78, 5) is 15.1. The summed E-state index contributed by atoms with van der Waals surface area (Å²) >= 11 is 0. The Hall–Kier alpha value is -1.48. The van der Waals surface area contributed by atoms with Gasteiger partial charge in [-0.05, 0) is 56.9 Å². The molecule has 1 amide bonds.